The maximum Gasteiger partial charge on any atom is 0.338 e. The highest BCUT2D eigenvalue weighted by Crippen LogP contribution is 2.20. The van der Waals surface area contributed by atoms with Crippen LogP contribution >= 0.6 is 0 Å². The van der Waals surface area contributed by atoms with Crippen LogP contribution in [0.3, 0.4) is 0 Å². The summed E-state index contributed by atoms with van der Waals surface area (Å²) in [7, 11) is 1.66. The molecule has 0 atom stereocenters. The topological polar surface area (TPSA) is 71.1 Å². The molecule has 1 heterocycles. The molecule has 0 radical (unpaired) electrons. The number of methoxy groups -OCH3 is 1. The number of piperazine rings is 1. The average molecular weight is 397 g/mol. The fraction of sp³-hybridized carbons (Fsp3) is 0.364. The molecule has 2 aromatic carbocycles. The Morgan fingerprint density at radius 2 is 1.62 bits per heavy atom. The monoisotopic (exact) mass is 397 g/mol. The van der Waals surface area contributed by atoms with Crippen LogP contribution in [0.5, 0.6) is 5.75 Å². The van der Waals surface area contributed by atoms with Crippen LogP contribution in [0.1, 0.15) is 17.3 Å². The van der Waals surface area contributed by atoms with Crippen LogP contribution in [0.4, 0.5) is 11.4 Å². The van der Waals surface area contributed by atoms with E-state index in [4.69, 9.17) is 9.47 Å². The average Bonchev–Trinajstić information content (AvgIpc) is 2.75. The Kier molecular flexibility index (Phi) is 7.08. The second kappa shape index (κ2) is 9.93. The first-order chi connectivity index (χ1) is 14.1. The van der Waals surface area contributed by atoms with E-state index in [1.54, 1.807) is 38.3 Å². The van der Waals surface area contributed by atoms with Crippen molar-refractivity contribution in [3.63, 3.8) is 0 Å². The SMILES string of the molecule is CCOC(=O)c1ccc(NC(=O)CN2CCN(c3ccc(OC)cc3)CC2)cc1. The lowest BCUT2D eigenvalue weighted by Crippen LogP contribution is -2.48. The molecule has 1 aliphatic heterocycles. The fourth-order valence-electron chi connectivity index (χ4n) is 3.26. The zero-order valence-electron chi connectivity index (χ0n) is 16.9. The van der Waals surface area contributed by atoms with Crippen molar-refractivity contribution < 1.29 is 19.1 Å². The van der Waals surface area contributed by atoms with E-state index in [1.165, 1.54) is 0 Å². The molecule has 1 saturated heterocycles. The van der Waals surface area contributed by atoms with Gasteiger partial charge in [0.25, 0.3) is 0 Å². The maximum absolute atomic E-state index is 12.4. The zero-order valence-corrected chi connectivity index (χ0v) is 16.9. The van der Waals surface area contributed by atoms with Crippen molar-refractivity contribution in [2.75, 3.05) is 56.7 Å². The zero-order chi connectivity index (χ0) is 20.6. The summed E-state index contributed by atoms with van der Waals surface area (Å²) in [4.78, 5) is 28.5. The van der Waals surface area contributed by atoms with Gasteiger partial charge in [0.1, 0.15) is 5.75 Å². The number of carbonyl (C=O) groups is 2. The first-order valence-electron chi connectivity index (χ1n) is 9.77. The van der Waals surface area contributed by atoms with Crippen LogP contribution in [0.15, 0.2) is 48.5 Å². The lowest BCUT2D eigenvalue weighted by molar-refractivity contribution is -0.117. The number of amides is 1. The highest BCUT2D eigenvalue weighted by atomic mass is 16.5. The molecule has 0 aromatic heterocycles. The van der Waals surface area contributed by atoms with Gasteiger partial charge < -0.3 is 19.7 Å². The molecule has 0 aliphatic carbocycles. The van der Waals surface area contributed by atoms with E-state index in [0.717, 1.165) is 37.6 Å². The summed E-state index contributed by atoms with van der Waals surface area (Å²) in [5, 5.41) is 2.88. The van der Waals surface area contributed by atoms with Crippen molar-refractivity contribution in [1.29, 1.82) is 0 Å². The Labute approximate surface area is 171 Å². The Hall–Kier alpha value is -3.06. The van der Waals surface area contributed by atoms with Gasteiger partial charge in [0.15, 0.2) is 0 Å². The fourth-order valence-corrected chi connectivity index (χ4v) is 3.26. The van der Waals surface area contributed by atoms with Gasteiger partial charge in [-0.1, -0.05) is 0 Å². The second-order valence-corrected chi connectivity index (χ2v) is 6.81. The molecule has 2 aromatic rings. The molecular weight excluding hydrogens is 370 g/mol. The standard InChI is InChI=1S/C22H27N3O4/c1-3-29-22(27)17-4-6-18(7-5-17)23-21(26)16-24-12-14-25(15-13-24)19-8-10-20(28-2)11-9-19/h4-11H,3,12-16H2,1-2H3,(H,23,26). The molecule has 0 unspecified atom stereocenters. The molecule has 0 bridgehead atoms. The summed E-state index contributed by atoms with van der Waals surface area (Å²) in [5.74, 6) is 0.422. The smallest absolute Gasteiger partial charge is 0.338 e. The molecule has 7 heteroatoms. The Morgan fingerprint density at radius 3 is 2.21 bits per heavy atom. The van der Waals surface area contributed by atoms with Gasteiger partial charge in [0.2, 0.25) is 5.91 Å². The molecule has 29 heavy (non-hydrogen) atoms. The van der Waals surface area contributed by atoms with Gasteiger partial charge in [-0.25, -0.2) is 4.79 Å². The van der Waals surface area contributed by atoms with Crippen LogP contribution in [0, 0.1) is 0 Å². The number of esters is 1. The lowest BCUT2D eigenvalue weighted by Gasteiger charge is -2.35. The van der Waals surface area contributed by atoms with E-state index in [1.807, 2.05) is 12.1 Å². The minimum atomic E-state index is -0.361. The van der Waals surface area contributed by atoms with Crippen LogP contribution < -0.4 is 15.0 Å². The number of carbonyl (C=O) groups excluding carboxylic acids is 2. The number of nitrogens with one attached hydrogen (secondary N) is 1. The minimum absolute atomic E-state index is 0.0632. The lowest BCUT2D eigenvalue weighted by atomic mass is 10.2. The third-order valence-corrected chi connectivity index (χ3v) is 4.86. The van der Waals surface area contributed by atoms with Crippen molar-refractivity contribution in [2.45, 2.75) is 6.92 Å². The van der Waals surface area contributed by atoms with Crippen LogP contribution in [-0.4, -0.2) is 63.2 Å². The van der Waals surface area contributed by atoms with Gasteiger partial charge in [0.05, 0.1) is 25.8 Å². The number of hydrogen-bond acceptors (Lipinski definition) is 6. The van der Waals surface area contributed by atoms with E-state index >= 15 is 0 Å². The molecule has 1 N–H and O–H groups in total. The summed E-state index contributed by atoms with van der Waals surface area (Å²) in [6.07, 6.45) is 0. The molecule has 3 rings (SSSR count). The van der Waals surface area contributed by atoms with Crippen LogP contribution in [0.25, 0.3) is 0 Å². The predicted molar refractivity (Wildman–Crippen MR) is 113 cm³/mol. The number of ether oxygens (including phenoxy) is 2. The molecule has 154 valence electrons. The molecular formula is C22H27N3O4. The molecule has 7 nitrogen and oxygen atoms in total. The van der Waals surface area contributed by atoms with Crippen molar-refractivity contribution in [1.82, 2.24) is 4.90 Å². The van der Waals surface area contributed by atoms with Gasteiger partial charge in [-0.3, -0.25) is 9.69 Å². The first-order valence-corrected chi connectivity index (χ1v) is 9.77. The molecule has 0 saturated carbocycles. The largest absolute Gasteiger partial charge is 0.497 e. The van der Waals surface area contributed by atoms with Gasteiger partial charge >= 0.3 is 5.97 Å². The van der Waals surface area contributed by atoms with Gasteiger partial charge in [-0.2, -0.15) is 0 Å². The van der Waals surface area contributed by atoms with Crippen molar-refractivity contribution >= 4 is 23.3 Å². The van der Waals surface area contributed by atoms with E-state index in [0.29, 0.717) is 24.4 Å². The van der Waals surface area contributed by atoms with Crippen LogP contribution in [-0.2, 0) is 9.53 Å². The number of rotatable bonds is 7. The second-order valence-electron chi connectivity index (χ2n) is 6.81. The molecule has 1 aliphatic rings. The van der Waals surface area contributed by atoms with Crippen molar-refractivity contribution in [2.24, 2.45) is 0 Å². The number of benzene rings is 2. The van der Waals surface area contributed by atoms with Gasteiger partial charge in [-0.15, -0.1) is 0 Å². The van der Waals surface area contributed by atoms with Crippen molar-refractivity contribution in [3.8, 4) is 5.75 Å². The van der Waals surface area contributed by atoms with E-state index in [-0.39, 0.29) is 11.9 Å². The normalized spacial score (nSPS) is 14.3. The summed E-state index contributed by atoms with van der Waals surface area (Å²) in [6.45, 7) is 5.83. The number of anilines is 2. The maximum atomic E-state index is 12.4. The molecule has 1 amide bonds. The highest BCUT2D eigenvalue weighted by Gasteiger charge is 2.19. The Balaban J connectivity index is 1.45. The summed E-state index contributed by atoms with van der Waals surface area (Å²) < 4.78 is 10.2. The molecule has 1 fully saturated rings. The summed E-state index contributed by atoms with van der Waals surface area (Å²) in [5.41, 5.74) is 2.30. The number of nitrogens with zero attached hydrogens (tertiary/aromatic N) is 2. The van der Waals surface area contributed by atoms with Crippen LogP contribution in [0.2, 0.25) is 0 Å². The van der Waals surface area contributed by atoms with Gasteiger partial charge in [-0.05, 0) is 55.5 Å². The third-order valence-electron chi connectivity index (χ3n) is 4.86. The quantitative estimate of drug-likeness (QED) is 0.725. The van der Waals surface area contributed by atoms with Crippen molar-refractivity contribution in [3.05, 3.63) is 54.1 Å². The van der Waals surface area contributed by atoms with E-state index in [9.17, 15) is 9.59 Å². The third kappa shape index (κ3) is 5.71. The number of hydrogen-bond donors (Lipinski definition) is 1. The van der Waals surface area contributed by atoms with E-state index in [2.05, 4.69) is 27.2 Å². The predicted octanol–water partition coefficient (Wildman–Crippen LogP) is 2.63. The summed E-state index contributed by atoms with van der Waals surface area (Å²) in [6, 6.07) is 14.8. The minimum Gasteiger partial charge on any atom is -0.497 e. The Morgan fingerprint density at radius 1 is 0.966 bits per heavy atom. The van der Waals surface area contributed by atoms with E-state index < -0.39 is 0 Å². The Bertz CT molecular complexity index is 813. The summed E-state index contributed by atoms with van der Waals surface area (Å²) >= 11 is 0. The van der Waals surface area contributed by atoms with Gasteiger partial charge in [0, 0.05) is 37.6 Å². The first kappa shape index (κ1) is 20.7. The highest BCUT2D eigenvalue weighted by molar-refractivity contribution is 5.94. The molecule has 0 spiro atoms.